The lowest BCUT2D eigenvalue weighted by Crippen LogP contribution is -2.26. The van der Waals surface area contributed by atoms with E-state index in [4.69, 9.17) is 4.74 Å². The zero-order chi connectivity index (χ0) is 11.0. The normalized spacial score (nSPS) is 37.6. The van der Waals surface area contributed by atoms with Gasteiger partial charge in [-0.3, -0.25) is 0 Å². The molecule has 3 unspecified atom stereocenters. The minimum Gasteiger partial charge on any atom is -0.381 e. The number of hydrogen-bond donors (Lipinski definition) is 0. The summed E-state index contributed by atoms with van der Waals surface area (Å²) in [5.41, 5.74) is 1.93. The quantitative estimate of drug-likeness (QED) is 0.769. The Morgan fingerprint density at radius 1 is 1.31 bits per heavy atom. The summed E-state index contributed by atoms with van der Waals surface area (Å²) in [6.45, 7) is 1.90. The molecule has 3 atom stereocenters. The molecule has 3 rings (SSSR count). The van der Waals surface area contributed by atoms with Crippen LogP contribution >= 0.6 is 15.9 Å². The lowest BCUT2D eigenvalue weighted by Gasteiger charge is -2.25. The van der Waals surface area contributed by atoms with Crippen molar-refractivity contribution < 1.29 is 4.74 Å². The molecule has 1 saturated heterocycles. The van der Waals surface area contributed by atoms with Crippen LogP contribution in [-0.4, -0.2) is 18.5 Å². The van der Waals surface area contributed by atoms with Gasteiger partial charge in [-0.2, -0.15) is 0 Å². The van der Waals surface area contributed by atoms with E-state index in [1.807, 2.05) is 0 Å². The molecule has 1 nitrogen and oxygen atoms in total. The summed E-state index contributed by atoms with van der Waals surface area (Å²) in [6.07, 6.45) is 2.57. The van der Waals surface area contributed by atoms with E-state index in [9.17, 15) is 0 Å². The third-order valence-electron chi connectivity index (χ3n) is 4.20. The van der Waals surface area contributed by atoms with Crippen LogP contribution in [0.5, 0.6) is 0 Å². The van der Waals surface area contributed by atoms with Gasteiger partial charge in [0.25, 0.3) is 0 Å². The monoisotopic (exact) mass is 280 g/mol. The molecule has 2 heteroatoms. The van der Waals surface area contributed by atoms with E-state index in [0.29, 0.717) is 5.41 Å². The Labute approximate surface area is 105 Å². The average Bonchev–Trinajstić information content (AvgIpc) is 3.02. The zero-order valence-electron chi connectivity index (χ0n) is 9.36. The van der Waals surface area contributed by atoms with Gasteiger partial charge in [-0.1, -0.05) is 46.3 Å². The van der Waals surface area contributed by atoms with E-state index < -0.39 is 0 Å². The van der Waals surface area contributed by atoms with Crippen LogP contribution in [0.3, 0.4) is 0 Å². The zero-order valence-corrected chi connectivity index (χ0v) is 10.9. The Balaban J connectivity index is 1.76. The van der Waals surface area contributed by atoms with Gasteiger partial charge in [-0.25, -0.2) is 0 Å². The highest BCUT2D eigenvalue weighted by atomic mass is 79.9. The van der Waals surface area contributed by atoms with Crippen LogP contribution < -0.4 is 0 Å². The smallest absolute Gasteiger partial charge is 0.0534 e. The van der Waals surface area contributed by atoms with Crippen molar-refractivity contribution in [2.75, 3.05) is 18.5 Å². The van der Waals surface area contributed by atoms with Crippen LogP contribution in [0, 0.1) is 11.3 Å². The second kappa shape index (κ2) is 4.15. The number of benzene rings is 1. The minimum absolute atomic E-state index is 0.417. The highest BCUT2D eigenvalue weighted by molar-refractivity contribution is 9.09. The fourth-order valence-electron chi connectivity index (χ4n) is 3.06. The summed E-state index contributed by atoms with van der Waals surface area (Å²) in [7, 11) is 0. The summed E-state index contributed by atoms with van der Waals surface area (Å²) in [6, 6.07) is 10.9. The largest absolute Gasteiger partial charge is 0.381 e. The van der Waals surface area contributed by atoms with Crippen molar-refractivity contribution >= 4 is 15.9 Å². The summed E-state index contributed by atoms with van der Waals surface area (Å²) in [5.74, 6) is 1.61. The Hall–Kier alpha value is -0.340. The summed E-state index contributed by atoms with van der Waals surface area (Å²) >= 11 is 3.69. The number of hydrogen-bond acceptors (Lipinski definition) is 1. The molecule has 1 saturated carbocycles. The van der Waals surface area contributed by atoms with Gasteiger partial charge in [0, 0.05) is 17.4 Å². The highest BCUT2D eigenvalue weighted by Crippen LogP contribution is 2.60. The first-order valence-corrected chi connectivity index (χ1v) is 7.16. The van der Waals surface area contributed by atoms with Gasteiger partial charge in [-0.15, -0.1) is 0 Å². The molecule has 16 heavy (non-hydrogen) atoms. The molecule has 1 aliphatic carbocycles. The van der Waals surface area contributed by atoms with Crippen molar-refractivity contribution in [1.82, 2.24) is 0 Å². The highest BCUT2D eigenvalue weighted by Gasteiger charge is 2.53. The molecule has 0 aromatic heterocycles. The second-order valence-corrected chi connectivity index (χ2v) is 5.72. The number of alkyl halides is 1. The molecule has 2 aliphatic rings. The molecule has 1 aromatic carbocycles. The van der Waals surface area contributed by atoms with Gasteiger partial charge in [0.2, 0.25) is 0 Å². The van der Waals surface area contributed by atoms with E-state index in [0.717, 1.165) is 30.4 Å². The third kappa shape index (κ3) is 1.72. The Kier molecular flexibility index (Phi) is 2.80. The molecule has 86 valence electrons. The molecule has 2 fully saturated rings. The first-order valence-electron chi connectivity index (χ1n) is 6.04. The van der Waals surface area contributed by atoms with E-state index in [-0.39, 0.29) is 0 Å². The van der Waals surface area contributed by atoms with Crippen molar-refractivity contribution in [3.8, 4) is 0 Å². The molecular weight excluding hydrogens is 264 g/mol. The summed E-state index contributed by atoms with van der Waals surface area (Å²) < 4.78 is 5.61. The predicted molar refractivity (Wildman–Crippen MR) is 69.0 cm³/mol. The molecule has 0 radical (unpaired) electrons. The maximum atomic E-state index is 5.61. The number of halogens is 1. The molecule has 1 aromatic rings. The van der Waals surface area contributed by atoms with Crippen LogP contribution in [0.1, 0.15) is 24.3 Å². The third-order valence-corrected chi connectivity index (χ3v) is 5.32. The van der Waals surface area contributed by atoms with Crippen LogP contribution in [-0.2, 0) is 4.74 Å². The van der Waals surface area contributed by atoms with E-state index >= 15 is 0 Å². The lowest BCUT2D eigenvalue weighted by molar-refractivity contribution is 0.150. The first-order chi connectivity index (χ1) is 7.86. The minimum atomic E-state index is 0.417. The van der Waals surface area contributed by atoms with Crippen molar-refractivity contribution in [2.24, 2.45) is 11.3 Å². The van der Waals surface area contributed by atoms with Crippen molar-refractivity contribution in [3.05, 3.63) is 35.9 Å². The lowest BCUT2D eigenvalue weighted by atomic mass is 9.82. The van der Waals surface area contributed by atoms with Crippen LogP contribution in [0.15, 0.2) is 30.3 Å². The van der Waals surface area contributed by atoms with Crippen LogP contribution in [0.25, 0.3) is 0 Å². The molecular formula is C14H17BrO. The average molecular weight is 281 g/mol. The van der Waals surface area contributed by atoms with Gasteiger partial charge in [0.15, 0.2) is 0 Å². The fraction of sp³-hybridized carbons (Fsp3) is 0.571. The van der Waals surface area contributed by atoms with Gasteiger partial charge >= 0.3 is 0 Å². The first kappa shape index (κ1) is 10.8. The second-order valence-electron chi connectivity index (χ2n) is 5.16. The molecule has 1 heterocycles. The van der Waals surface area contributed by atoms with Gasteiger partial charge < -0.3 is 4.74 Å². The number of rotatable bonds is 3. The van der Waals surface area contributed by atoms with Crippen LogP contribution in [0.4, 0.5) is 0 Å². The van der Waals surface area contributed by atoms with Crippen molar-refractivity contribution in [2.45, 2.75) is 18.8 Å². The fourth-order valence-corrected chi connectivity index (χ4v) is 3.92. The van der Waals surface area contributed by atoms with Crippen LogP contribution in [0.2, 0.25) is 0 Å². The summed E-state index contributed by atoms with van der Waals surface area (Å²) in [4.78, 5) is 0. The maximum absolute atomic E-state index is 5.61. The molecule has 0 N–H and O–H groups in total. The standard InChI is InChI=1S/C14H17BrO/c15-9-14(6-7-16-10-14)13-8-12(13)11-4-2-1-3-5-11/h1-5,12-13H,6-10H2. The van der Waals surface area contributed by atoms with Crippen molar-refractivity contribution in [3.63, 3.8) is 0 Å². The van der Waals surface area contributed by atoms with Gasteiger partial charge in [0.1, 0.15) is 0 Å². The summed E-state index contributed by atoms with van der Waals surface area (Å²) in [5, 5.41) is 1.09. The molecule has 1 aliphatic heterocycles. The Morgan fingerprint density at radius 2 is 2.12 bits per heavy atom. The molecule has 0 bridgehead atoms. The molecule has 0 amide bonds. The SMILES string of the molecule is BrCC1(C2CC2c2ccccc2)CCOC1. The van der Waals surface area contributed by atoms with E-state index in [1.54, 1.807) is 0 Å². The molecule has 0 spiro atoms. The van der Waals surface area contributed by atoms with Gasteiger partial charge in [0.05, 0.1) is 6.61 Å². The topological polar surface area (TPSA) is 9.23 Å². The predicted octanol–water partition coefficient (Wildman–Crippen LogP) is 3.59. The van der Waals surface area contributed by atoms with E-state index in [1.165, 1.54) is 18.4 Å². The van der Waals surface area contributed by atoms with Crippen molar-refractivity contribution in [1.29, 1.82) is 0 Å². The number of ether oxygens (including phenoxy) is 1. The van der Waals surface area contributed by atoms with E-state index in [2.05, 4.69) is 46.3 Å². The Morgan fingerprint density at radius 3 is 2.75 bits per heavy atom. The Bertz CT molecular complexity index is 356. The van der Waals surface area contributed by atoms with Gasteiger partial charge in [-0.05, 0) is 30.2 Å². The maximum Gasteiger partial charge on any atom is 0.0534 e.